The Balaban J connectivity index is 1.96. The van der Waals surface area contributed by atoms with E-state index in [4.69, 9.17) is 9.15 Å². The maximum atomic E-state index is 12.5. The van der Waals surface area contributed by atoms with E-state index in [1.54, 1.807) is 32.1 Å². The first kappa shape index (κ1) is 22.2. The minimum atomic E-state index is -1.37. The van der Waals surface area contributed by atoms with Gasteiger partial charge in [0, 0.05) is 6.04 Å². The number of furan rings is 1. The highest BCUT2D eigenvalue weighted by atomic mass is 16.5. The Morgan fingerprint density at radius 2 is 1.96 bits per heavy atom. The molecular formula is C23H33NO4. The average molecular weight is 388 g/mol. The number of hydrogen-bond donors (Lipinski definition) is 2. The summed E-state index contributed by atoms with van der Waals surface area (Å²) in [6.45, 7) is 12.6. The summed E-state index contributed by atoms with van der Waals surface area (Å²) in [6.07, 6.45) is 8.22. The van der Waals surface area contributed by atoms with Crippen molar-refractivity contribution in [2.24, 2.45) is 0 Å². The lowest BCUT2D eigenvalue weighted by molar-refractivity contribution is 0.0251. The third-order valence-electron chi connectivity index (χ3n) is 5.42. The summed E-state index contributed by atoms with van der Waals surface area (Å²) in [5.74, 6) is 1.20. The molecule has 154 valence electrons. The third kappa shape index (κ3) is 5.24. The highest BCUT2D eigenvalue weighted by Crippen LogP contribution is 2.25. The van der Waals surface area contributed by atoms with E-state index in [1.165, 1.54) is 0 Å². The zero-order chi connectivity index (χ0) is 20.7. The summed E-state index contributed by atoms with van der Waals surface area (Å²) in [5.41, 5.74) is -0.491. The summed E-state index contributed by atoms with van der Waals surface area (Å²) in [6, 6.07) is 3.80. The minimum Gasteiger partial charge on any atom is -0.485 e. The highest BCUT2D eigenvalue weighted by Gasteiger charge is 2.34. The number of ketones is 1. The van der Waals surface area contributed by atoms with Crippen LogP contribution in [-0.4, -0.2) is 35.2 Å². The fourth-order valence-corrected chi connectivity index (χ4v) is 3.19. The summed E-state index contributed by atoms with van der Waals surface area (Å²) in [4.78, 5) is 12.5. The van der Waals surface area contributed by atoms with E-state index >= 15 is 0 Å². The fraction of sp³-hybridized carbons (Fsp3) is 0.522. The van der Waals surface area contributed by atoms with E-state index in [2.05, 4.69) is 25.7 Å². The lowest BCUT2D eigenvalue weighted by atomic mass is 9.91. The van der Waals surface area contributed by atoms with Crippen molar-refractivity contribution in [3.63, 3.8) is 0 Å². The van der Waals surface area contributed by atoms with Crippen LogP contribution in [0.2, 0.25) is 0 Å². The van der Waals surface area contributed by atoms with Gasteiger partial charge in [-0.05, 0) is 61.6 Å². The molecule has 1 aromatic rings. The maximum absolute atomic E-state index is 12.5. The van der Waals surface area contributed by atoms with Gasteiger partial charge in [0.15, 0.2) is 5.76 Å². The van der Waals surface area contributed by atoms with E-state index in [9.17, 15) is 9.90 Å². The Kier molecular flexibility index (Phi) is 7.84. The molecule has 0 amide bonds. The van der Waals surface area contributed by atoms with Gasteiger partial charge in [0.05, 0.1) is 6.54 Å². The fourth-order valence-electron chi connectivity index (χ4n) is 3.19. The number of Topliss-reactive ketones (excluding diaryl/α,β-unsaturated/α-hetero) is 1. The first-order chi connectivity index (χ1) is 13.4. The summed E-state index contributed by atoms with van der Waals surface area (Å²) >= 11 is 0. The predicted octanol–water partition coefficient (Wildman–Crippen LogP) is 4.64. The Bertz CT molecular complexity index is 736. The molecule has 28 heavy (non-hydrogen) atoms. The lowest BCUT2D eigenvalue weighted by Crippen LogP contribution is -2.36. The van der Waals surface area contributed by atoms with Gasteiger partial charge in [-0.1, -0.05) is 34.3 Å². The van der Waals surface area contributed by atoms with Gasteiger partial charge in [0.25, 0.3) is 0 Å². The van der Waals surface area contributed by atoms with Crippen molar-refractivity contribution in [1.29, 1.82) is 0 Å². The summed E-state index contributed by atoms with van der Waals surface area (Å²) in [5, 5.41) is 13.9. The molecule has 0 aliphatic carbocycles. The zero-order valence-corrected chi connectivity index (χ0v) is 17.5. The van der Waals surface area contributed by atoms with Gasteiger partial charge in [-0.3, -0.25) is 4.79 Å². The molecule has 0 aromatic carbocycles. The van der Waals surface area contributed by atoms with Crippen molar-refractivity contribution in [3.05, 3.63) is 53.7 Å². The molecule has 2 rings (SSSR count). The molecule has 0 saturated carbocycles. The molecule has 0 radical (unpaired) electrons. The molecule has 1 aliphatic heterocycles. The van der Waals surface area contributed by atoms with Crippen molar-refractivity contribution in [3.8, 4) is 0 Å². The molecule has 1 atom stereocenters. The van der Waals surface area contributed by atoms with E-state index < -0.39 is 5.60 Å². The third-order valence-corrected chi connectivity index (χ3v) is 5.42. The van der Waals surface area contributed by atoms with Crippen LogP contribution in [0.1, 0.15) is 69.7 Å². The minimum absolute atomic E-state index is 0.171. The van der Waals surface area contributed by atoms with Gasteiger partial charge in [-0.15, -0.1) is 0 Å². The standard InChI is InChI=1S/C23H33NO4/c1-6-17(7-2)24-15-19-14-16(5)20(28-19)12-10-18-11-13-21(27-18)22(25)23(26,8-3)9-4/h10-14,17,20,24,26H,5-9,15H2,1-4H3. The van der Waals surface area contributed by atoms with Crippen molar-refractivity contribution >= 4 is 11.9 Å². The number of aliphatic hydroxyl groups is 1. The number of nitrogens with one attached hydrogen (secondary N) is 1. The second-order valence-electron chi connectivity index (χ2n) is 7.25. The van der Waals surface area contributed by atoms with Crippen molar-refractivity contribution in [1.82, 2.24) is 5.32 Å². The number of ether oxygens (including phenoxy) is 1. The van der Waals surface area contributed by atoms with Crippen LogP contribution in [0.3, 0.4) is 0 Å². The Morgan fingerprint density at radius 3 is 2.57 bits per heavy atom. The largest absolute Gasteiger partial charge is 0.485 e. The SMILES string of the molecule is C=C1C=C(CNC(CC)CC)OC1C=Cc1ccc(C(=O)C(O)(CC)CC)o1. The highest BCUT2D eigenvalue weighted by molar-refractivity contribution is 6.00. The molecule has 5 nitrogen and oxygen atoms in total. The molecule has 1 aromatic heterocycles. The van der Waals surface area contributed by atoms with Gasteiger partial charge in [-0.2, -0.15) is 0 Å². The maximum Gasteiger partial charge on any atom is 0.229 e. The normalized spacial score (nSPS) is 17.4. The van der Waals surface area contributed by atoms with Crippen molar-refractivity contribution in [2.75, 3.05) is 6.54 Å². The van der Waals surface area contributed by atoms with Crippen LogP contribution in [0, 0.1) is 0 Å². The zero-order valence-electron chi connectivity index (χ0n) is 17.5. The van der Waals surface area contributed by atoms with Crippen molar-refractivity contribution < 1.29 is 19.1 Å². The molecule has 0 spiro atoms. The van der Waals surface area contributed by atoms with Gasteiger partial charge < -0.3 is 19.6 Å². The van der Waals surface area contributed by atoms with Gasteiger partial charge in [0.1, 0.15) is 23.2 Å². The molecule has 2 N–H and O–H groups in total. The quantitative estimate of drug-likeness (QED) is 0.541. The second kappa shape index (κ2) is 9.89. The van der Waals surface area contributed by atoms with E-state index in [0.717, 1.165) is 24.2 Å². The predicted molar refractivity (Wildman–Crippen MR) is 112 cm³/mol. The average Bonchev–Trinajstić information content (AvgIpc) is 3.32. The van der Waals surface area contributed by atoms with Crippen LogP contribution >= 0.6 is 0 Å². The Labute approximate surface area is 168 Å². The Hall–Kier alpha value is -2.11. The van der Waals surface area contributed by atoms with Crippen LogP contribution in [0.15, 0.2) is 46.6 Å². The summed E-state index contributed by atoms with van der Waals surface area (Å²) in [7, 11) is 0. The monoisotopic (exact) mass is 387 g/mol. The molecule has 0 saturated heterocycles. The Morgan fingerprint density at radius 1 is 1.29 bits per heavy atom. The van der Waals surface area contributed by atoms with E-state index in [-0.39, 0.29) is 17.6 Å². The van der Waals surface area contributed by atoms with Crippen LogP contribution in [0.25, 0.3) is 6.08 Å². The molecule has 1 aliphatic rings. The van der Waals surface area contributed by atoms with Crippen LogP contribution < -0.4 is 5.32 Å². The number of hydrogen-bond acceptors (Lipinski definition) is 5. The molecule has 5 heteroatoms. The smallest absolute Gasteiger partial charge is 0.229 e. The number of carbonyl (C=O) groups is 1. The molecule has 0 bridgehead atoms. The first-order valence-electron chi connectivity index (χ1n) is 10.2. The molecule has 0 fully saturated rings. The topological polar surface area (TPSA) is 71.7 Å². The first-order valence-corrected chi connectivity index (χ1v) is 10.2. The van der Waals surface area contributed by atoms with Crippen molar-refractivity contribution in [2.45, 2.75) is 71.1 Å². The molecule has 2 heterocycles. The lowest BCUT2D eigenvalue weighted by Gasteiger charge is -2.21. The van der Waals surface area contributed by atoms with Gasteiger partial charge >= 0.3 is 0 Å². The van der Waals surface area contributed by atoms with E-state index in [1.807, 2.05) is 12.2 Å². The van der Waals surface area contributed by atoms with Gasteiger partial charge in [-0.25, -0.2) is 0 Å². The number of carbonyl (C=O) groups excluding carboxylic acids is 1. The second-order valence-corrected chi connectivity index (χ2v) is 7.25. The summed E-state index contributed by atoms with van der Waals surface area (Å²) < 4.78 is 11.6. The number of rotatable bonds is 11. The van der Waals surface area contributed by atoms with Gasteiger partial charge in [0.2, 0.25) is 5.78 Å². The molecule has 1 unspecified atom stereocenters. The van der Waals surface area contributed by atoms with Crippen LogP contribution in [-0.2, 0) is 4.74 Å². The van der Waals surface area contributed by atoms with Crippen LogP contribution in [0.5, 0.6) is 0 Å². The van der Waals surface area contributed by atoms with Crippen LogP contribution in [0.4, 0.5) is 0 Å². The molecular weight excluding hydrogens is 354 g/mol. The van der Waals surface area contributed by atoms with E-state index in [0.29, 0.717) is 31.2 Å².